The zero-order valence-electron chi connectivity index (χ0n) is 16.9. The van der Waals surface area contributed by atoms with Crippen LogP contribution < -0.4 is 9.62 Å². The van der Waals surface area contributed by atoms with E-state index in [0.717, 1.165) is 28.1 Å². The van der Waals surface area contributed by atoms with E-state index >= 15 is 0 Å². The standard InChI is InChI=1S/C22H21Cl2N3O3S/c1-15(27(31(2,29)30)21-14-18(23)5-8-20(21)24)22(28)26-19-6-3-16(4-7-19)13-17-9-11-25-12-10-17/h3-12,14-15H,13H2,1-2H3,(H,26,28). The predicted octanol–water partition coefficient (Wildman–Crippen LogP) is 4.77. The van der Waals surface area contributed by atoms with Gasteiger partial charge in [0.1, 0.15) is 6.04 Å². The molecule has 0 spiro atoms. The molecule has 1 N–H and O–H groups in total. The molecule has 0 fully saturated rings. The zero-order valence-corrected chi connectivity index (χ0v) is 19.2. The first-order chi connectivity index (χ1) is 14.6. The summed E-state index contributed by atoms with van der Waals surface area (Å²) in [6.07, 6.45) is 5.24. The van der Waals surface area contributed by atoms with Crippen LogP contribution in [0.15, 0.2) is 67.0 Å². The summed E-state index contributed by atoms with van der Waals surface area (Å²) in [5.41, 5.74) is 2.90. The zero-order chi connectivity index (χ0) is 22.6. The normalized spacial score (nSPS) is 12.3. The predicted molar refractivity (Wildman–Crippen MR) is 125 cm³/mol. The number of carbonyl (C=O) groups is 1. The van der Waals surface area contributed by atoms with Gasteiger partial charge in [-0.25, -0.2) is 8.42 Å². The lowest BCUT2D eigenvalue weighted by atomic mass is 10.1. The highest BCUT2D eigenvalue weighted by Crippen LogP contribution is 2.32. The molecular weight excluding hydrogens is 457 g/mol. The van der Waals surface area contributed by atoms with Gasteiger partial charge in [-0.2, -0.15) is 0 Å². The van der Waals surface area contributed by atoms with Gasteiger partial charge in [0.25, 0.3) is 0 Å². The summed E-state index contributed by atoms with van der Waals surface area (Å²) in [6, 6.07) is 14.7. The molecule has 9 heteroatoms. The van der Waals surface area contributed by atoms with E-state index in [1.54, 1.807) is 30.6 Å². The van der Waals surface area contributed by atoms with Crippen LogP contribution >= 0.6 is 23.2 Å². The van der Waals surface area contributed by atoms with E-state index in [4.69, 9.17) is 23.2 Å². The number of anilines is 2. The van der Waals surface area contributed by atoms with Crippen LogP contribution in [0.1, 0.15) is 18.1 Å². The van der Waals surface area contributed by atoms with Gasteiger partial charge in [-0.15, -0.1) is 0 Å². The molecule has 1 unspecified atom stereocenters. The number of hydrogen-bond donors (Lipinski definition) is 1. The number of halogens is 2. The fraction of sp³-hybridized carbons (Fsp3) is 0.182. The molecule has 0 aliphatic carbocycles. The third-order valence-electron chi connectivity index (χ3n) is 4.61. The first-order valence-electron chi connectivity index (χ1n) is 9.38. The van der Waals surface area contributed by atoms with Gasteiger partial charge in [-0.3, -0.25) is 14.1 Å². The third kappa shape index (κ3) is 5.97. The lowest BCUT2D eigenvalue weighted by Crippen LogP contribution is -2.45. The van der Waals surface area contributed by atoms with Gasteiger partial charge in [0, 0.05) is 23.1 Å². The minimum Gasteiger partial charge on any atom is -0.324 e. The molecule has 3 aromatic rings. The van der Waals surface area contributed by atoms with E-state index in [-0.39, 0.29) is 10.7 Å². The smallest absolute Gasteiger partial charge is 0.247 e. The minimum atomic E-state index is -3.81. The van der Waals surface area contributed by atoms with Crippen molar-refractivity contribution >= 4 is 50.5 Å². The van der Waals surface area contributed by atoms with Crippen molar-refractivity contribution in [3.05, 3.63) is 88.2 Å². The molecule has 0 bridgehead atoms. The number of carbonyl (C=O) groups excluding carboxylic acids is 1. The number of nitrogens with one attached hydrogen (secondary N) is 1. The van der Waals surface area contributed by atoms with Gasteiger partial charge in [0.2, 0.25) is 15.9 Å². The second kappa shape index (κ2) is 9.68. The number of amides is 1. The van der Waals surface area contributed by atoms with E-state index in [1.807, 2.05) is 24.3 Å². The minimum absolute atomic E-state index is 0.145. The van der Waals surface area contributed by atoms with E-state index < -0.39 is 22.0 Å². The van der Waals surface area contributed by atoms with Gasteiger partial charge in [0.15, 0.2) is 0 Å². The number of sulfonamides is 1. The summed E-state index contributed by atoms with van der Waals surface area (Å²) in [5.74, 6) is -0.497. The molecule has 0 saturated carbocycles. The van der Waals surface area contributed by atoms with Crippen LogP contribution in [0.4, 0.5) is 11.4 Å². The molecule has 31 heavy (non-hydrogen) atoms. The SMILES string of the molecule is CC(C(=O)Nc1ccc(Cc2ccncc2)cc1)N(c1cc(Cl)ccc1Cl)S(C)(=O)=O. The second-order valence-corrected chi connectivity index (χ2v) is 9.75. The Morgan fingerprint density at radius 2 is 1.65 bits per heavy atom. The van der Waals surface area contributed by atoms with Crippen LogP contribution in [-0.2, 0) is 21.2 Å². The first kappa shape index (κ1) is 23.1. The van der Waals surface area contributed by atoms with Gasteiger partial charge in [0.05, 0.1) is 17.0 Å². The van der Waals surface area contributed by atoms with Crippen LogP contribution in [0.5, 0.6) is 0 Å². The molecule has 0 aliphatic rings. The lowest BCUT2D eigenvalue weighted by molar-refractivity contribution is -0.116. The van der Waals surface area contributed by atoms with Crippen LogP contribution in [0.25, 0.3) is 0 Å². The summed E-state index contributed by atoms with van der Waals surface area (Å²) in [5, 5.41) is 3.24. The Balaban J connectivity index is 1.77. The van der Waals surface area contributed by atoms with Crippen molar-refractivity contribution in [3.8, 4) is 0 Å². The largest absolute Gasteiger partial charge is 0.324 e. The van der Waals surface area contributed by atoms with Crippen molar-refractivity contribution in [3.63, 3.8) is 0 Å². The Morgan fingerprint density at radius 1 is 1.03 bits per heavy atom. The van der Waals surface area contributed by atoms with Gasteiger partial charge in [-0.1, -0.05) is 35.3 Å². The summed E-state index contributed by atoms with van der Waals surface area (Å²) in [6.45, 7) is 1.49. The van der Waals surface area contributed by atoms with E-state index in [1.165, 1.54) is 19.1 Å². The molecule has 0 saturated heterocycles. The second-order valence-electron chi connectivity index (χ2n) is 7.05. The molecule has 1 atom stereocenters. The Kier molecular flexibility index (Phi) is 7.20. The maximum atomic E-state index is 12.8. The topological polar surface area (TPSA) is 79.4 Å². The van der Waals surface area contributed by atoms with Gasteiger partial charge < -0.3 is 5.32 Å². The summed E-state index contributed by atoms with van der Waals surface area (Å²) < 4.78 is 25.9. The average Bonchev–Trinajstić information content (AvgIpc) is 2.72. The number of rotatable bonds is 7. The maximum absolute atomic E-state index is 12.8. The van der Waals surface area contributed by atoms with Crippen molar-refractivity contribution < 1.29 is 13.2 Å². The Labute approximate surface area is 191 Å². The van der Waals surface area contributed by atoms with Crippen LogP contribution in [-0.4, -0.2) is 31.6 Å². The molecule has 1 heterocycles. The number of benzene rings is 2. The van der Waals surface area contributed by atoms with Crippen LogP contribution in [0.2, 0.25) is 10.0 Å². The Morgan fingerprint density at radius 3 is 2.26 bits per heavy atom. The highest BCUT2D eigenvalue weighted by molar-refractivity contribution is 7.92. The van der Waals surface area contributed by atoms with Crippen molar-refractivity contribution in [2.24, 2.45) is 0 Å². The van der Waals surface area contributed by atoms with E-state index in [2.05, 4.69) is 10.3 Å². The lowest BCUT2D eigenvalue weighted by Gasteiger charge is -2.29. The Bertz CT molecular complexity index is 1170. The molecule has 1 aromatic heterocycles. The number of aromatic nitrogens is 1. The number of nitrogens with zero attached hydrogens (tertiary/aromatic N) is 2. The van der Waals surface area contributed by atoms with Gasteiger partial charge >= 0.3 is 0 Å². The average molecular weight is 478 g/mol. The molecule has 0 radical (unpaired) electrons. The molecule has 3 rings (SSSR count). The molecular formula is C22H21Cl2N3O3S. The summed E-state index contributed by atoms with van der Waals surface area (Å²) in [4.78, 5) is 16.8. The fourth-order valence-corrected chi connectivity index (χ4v) is 4.73. The number of hydrogen-bond acceptors (Lipinski definition) is 4. The first-order valence-corrected chi connectivity index (χ1v) is 12.0. The highest BCUT2D eigenvalue weighted by Gasteiger charge is 2.30. The van der Waals surface area contributed by atoms with Crippen LogP contribution in [0.3, 0.4) is 0 Å². The number of pyridine rings is 1. The van der Waals surface area contributed by atoms with E-state index in [9.17, 15) is 13.2 Å². The van der Waals surface area contributed by atoms with Gasteiger partial charge in [-0.05, 0) is 66.9 Å². The monoisotopic (exact) mass is 477 g/mol. The quantitative estimate of drug-likeness (QED) is 0.531. The van der Waals surface area contributed by atoms with Crippen molar-refractivity contribution in [1.82, 2.24) is 4.98 Å². The maximum Gasteiger partial charge on any atom is 0.247 e. The molecule has 6 nitrogen and oxygen atoms in total. The van der Waals surface area contributed by atoms with E-state index in [0.29, 0.717) is 10.7 Å². The summed E-state index contributed by atoms with van der Waals surface area (Å²) >= 11 is 12.2. The summed E-state index contributed by atoms with van der Waals surface area (Å²) in [7, 11) is -3.81. The van der Waals surface area contributed by atoms with Crippen molar-refractivity contribution in [2.75, 3.05) is 15.9 Å². The molecule has 1 amide bonds. The van der Waals surface area contributed by atoms with Crippen LogP contribution in [0, 0.1) is 0 Å². The fourth-order valence-electron chi connectivity index (χ4n) is 3.12. The third-order valence-corrected chi connectivity index (χ3v) is 6.40. The van der Waals surface area contributed by atoms with Crippen molar-refractivity contribution in [2.45, 2.75) is 19.4 Å². The van der Waals surface area contributed by atoms with Crippen molar-refractivity contribution in [1.29, 1.82) is 0 Å². The molecule has 0 aliphatic heterocycles. The molecule has 162 valence electrons. The Hall–Kier alpha value is -2.61. The molecule has 2 aromatic carbocycles. The highest BCUT2D eigenvalue weighted by atomic mass is 35.5.